The van der Waals surface area contributed by atoms with Gasteiger partial charge in [-0.2, -0.15) is 0 Å². The van der Waals surface area contributed by atoms with E-state index in [1.807, 2.05) is 0 Å². The minimum atomic E-state index is -0.811. The lowest BCUT2D eigenvalue weighted by Crippen LogP contribution is -2.27. The number of ether oxygens (including phenoxy) is 1. The molecule has 1 N–H and O–H groups in total. The Labute approximate surface area is 180 Å². The van der Waals surface area contributed by atoms with E-state index in [4.69, 9.17) is 9.26 Å². The maximum Gasteiger partial charge on any atom is 0.414 e. The number of carbonyl (C=O) groups is 1. The van der Waals surface area contributed by atoms with Gasteiger partial charge < -0.3 is 14.6 Å². The summed E-state index contributed by atoms with van der Waals surface area (Å²) in [6.07, 6.45) is 6.46. The van der Waals surface area contributed by atoms with Crippen LogP contribution >= 0.6 is 0 Å². The van der Waals surface area contributed by atoms with Gasteiger partial charge in [0.05, 0.1) is 24.3 Å². The van der Waals surface area contributed by atoms with Crippen LogP contribution < -0.4 is 10.2 Å². The molecule has 5 rings (SSSR count). The Morgan fingerprint density at radius 3 is 2.69 bits per heavy atom. The number of anilines is 2. The smallest absolute Gasteiger partial charge is 0.414 e. The van der Waals surface area contributed by atoms with Crippen molar-refractivity contribution in [3.63, 3.8) is 0 Å². The molecule has 1 aromatic carbocycles. The van der Waals surface area contributed by atoms with Crippen LogP contribution in [0.2, 0.25) is 0 Å². The molecule has 3 aromatic heterocycles. The van der Waals surface area contributed by atoms with Gasteiger partial charge in [0.1, 0.15) is 36.1 Å². The van der Waals surface area contributed by atoms with E-state index in [0.717, 1.165) is 12.1 Å². The van der Waals surface area contributed by atoms with Crippen LogP contribution in [0.25, 0.3) is 16.9 Å². The highest BCUT2D eigenvalue weighted by Crippen LogP contribution is 2.32. The fourth-order valence-corrected chi connectivity index (χ4v) is 3.43. The topological polar surface area (TPSA) is 98.3 Å². The third kappa shape index (κ3) is 3.75. The van der Waals surface area contributed by atoms with E-state index in [2.05, 4.69) is 20.4 Å². The molecule has 0 unspecified atom stereocenters. The van der Waals surface area contributed by atoms with Crippen LogP contribution in [0.15, 0.2) is 66.0 Å². The minimum Gasteiger partial charge on any atom is -0.442 e. The highest BCUT2D eigenvalue weighted by molar-refractivity contribution is 5.90. The first-order valence-electron chi connectivity index (χ1n) is 9.64. The number of hydrogen-bond donors (Lipinski definition) is 1. The molecule has 1 aliphatic rings. The summed E-state index contributed by atoms with van der Waals surface area (Å²) in [6.45, 7) is 0.399. The van der Waals surface area contributed by atoms with Gasteiger partial charge in [-0.25, -0.2) is 23.5 Å². The SMILES string of the molecule is O=C1O[C@@H](CNc2ccon2)CN1c1cc(F)c(-c2ccc(-n3ccnc3)nc2)c(F)c1. The largest absolute Gasteiger partial charge is 0.442 e. The van der Waals surface area contributed by atoms with Crippen molar-refractivity contribution in [2.45, 2.75) is 6.10 Å². The van der Waals surface area contributed by atoms with Gasteiger partial charge in [-0.05, 0) is 24.3 Å². The van der Waals surface area contributed by atoms with E-state index in [1.54, 1.807) is 41.5 Å². The molecule has 4 heterocycles. The molecule has 0 spiro atoms. The molecule has 4 aromatic rings. The van der Waals surface area contributed by atoms with E-state index in [9.17, 15) is 13.6 Å². The van der Waals surface area contributed by atoms with Gasteiger partial charge in [0.25, 0.3) is 0 Å². The summed E-state index contributed by atoms with van der Waals surface area (Å²) in [5, 5.41) is 6.66. The number of amides is 1. The Morgan fingerprint density at radius 2 is 2.03 bits per heavy atom. The molecule has 11 heteroatoms. The lowest BCUT2D eigenvalue weighted by molar-refractivity contribution is 0.147. The normalized spacial score (nSPS) is 15.8. The summed E-state index contributed by atoms with van der Waals surface area (Å²) in [5.41, 5.74) is 0.116. The summed E-state index contributed by atoms with van der Waals surface area (Å²) < 4.78 is 41.4. The number of pyridine rings is 1. The molecule has 1 atom stereocenters. The van der Waals surface area contributed by atoms with Gasteiger partial charge in [0.15, 0.2) is 5.82 Å². The molecular weight excluding hydrogens is 422 g/mol. The van der Waals surface area contributed by atoms with E-state index < -0.39 is 23.8 Å². The quantitative estimate of drug-likeness (QED) is 0.491. The summed E-state index contributed by atoms with van der Waals surface area (Å²) in [4.78, 5) is 21.6. The Kier molecular flexibility index (Phi) is 4.98. The molecule has 0 radical (unpaired) electrons. The molecule has 0 bridgehead atoms. The molecule has 32 heavy (non-hydrogen) atoms. The average Bonchev–Trinajstić information content (AvgIpc) is 3.54. The lowest BCUT2D eigenvalue weighted by Gasteiger charge is -2.15. The fraction of sp³-hybridized carbons (Fsp3) is 0.143. The Bertz CT molecular complexity index is 1210. The predicted molar refractivity (Wildman–Crippen MR) is 109 cm³/mol. The Hall–Kier alpha value is -4.28. The van der Waals surface area contributed by atoms with E-state index in [-0.39, 0.29) is 29.9 Å². The molecule has 1 fully saturated rings. The number of nitrogens with one attached hydrogen (secondary N) is 1. The van der Waals surface area contributed by atoms with Gasteiger partial charge in [-0.1, -0.05) is 5.16 Å². The first-order valence-corrected chi connectivity index (χ1v) is 9.64. The minimum absolute atomic E-state index is 0.0701. The third-order valence-corrected chi connectivity index (χ3v) is 4.97. The number of aromatic nitrogens is 4. The molecule has 9 nitrogen and oxygen atoms in total. The number of cyclic esters (lactones) is 1. The van der Waals surface area contributed by atoms with Crippen molar-refractivity contribution in [3.8, 4) is 16.9 Å². The fourth-order valence-electron chi connectivity index (χ4n) is 3.43. The van der Waals surface area contributed by atoms with Gasteiger partial charge >= 0.3 is 6.09 Å². The zero-order chi connectivity index (χ0) is 22.1. The van der Waals surface area contributed by atoms with Crippen LogP contribution in [0.5, 0.6) is 0 Å². The molecule has 0 aliphatic carbocycles. The van der Waals surface area contributed by atoms with Crippen molar-refractivity contribution >= 4 is 17.6 Å². The number of hydrogen-bond acceptors (Lipinski definition) is 7. The van der Waals surface area contributed by atoms with Gasteiger partial charge in [-0.3, -0.25) is 9.47 Å². The zero-order valence-corrected chi connectivity index (χ0v) is 16.5. The highest BCUT2D eigenvalue weighted by Gasteiger charge is 2.33. The van der Waals surface area contributed by atoms with Crippen LogP contribution in [0.3, 0.4) is 0 Å². The van der Waals surface area contributed by atoms with Crippen LogP contribution in [0.4, 0.5) is 25.1 Å². The van der Waals surface area contributed by atoms with Crippen molar-refractivity contribution in [2.24, 2.45) is 0 Å². The van der Waals surface area contributed by atoms with Crippen molar-refractivity contribution in [1.82, 2.24) is 19.7 Å². The second kappa shape index (κ2) is 8.10. The summed E-state index contributed by atoms with van der Waals surface area (Å²) in [5.74, 6) is -0.564. The van der Waals surface area contributed by atoms with Crippen LogP contribution in [-0.2, 0) is 4.74 Å². The molecule has 162 valence electrons. The second-order valence-electron chi connectivity index (χ2n) is 7.04. The van der Waals surface area contributed by atoms with Gasteiger partial charge in [0, 0.05) is 30.2 Å². The number of imidazole rings is 1. The summed E-state index contributed by atoms with van der Waals surface area (Å²) in [7, 11) is 0. The van der Waals surface area contributed by atoms with Gasteiger partial charge in [0.2, 0.25) is 0 Å². The van der Waals surface area contributed by atoms with Crippen molar-refractivity contribution < 1.29 is 22.8 Å². The monoisotopic (exact) mass is 438 g/mol. The number of rotatable bonds is 6. The maximum absolute atomic E-state index is 14.9. The van der Waals surface area contributed by atoms with E-state index in [1.165, 1.54) is 17.4 Å². The third-order valence-electron chi connectivity index (χ3n) is 4.97. The molecule has 1 aliphatic heterocycles. The van der Waals surface area contributed by atoms with Crippen molar-refractivity contribution in [3.05, 3.63) is 73.1 Å². The zero-order valence-electron chi connectivity index (χ0n) is 16.5. The standard InChI is InChI=1S/C21H16F2N6O3/c22-16-7-14(29-11-15(32-21(29)30)10-25-18-3-6-31-27-18)8-17(23)20(16)13-1-2-19(26-9-13)28-5-4-24-12-28/h1-9,12,15H,10-11H2,(H,25,27)/t15-/m0/s1. The summed E-state index contributed by atoms with van der Waals surface area (Å²) >= 11 is 0. The van der Waals surface area contributed by atoms with Crippen molar-refractivity contribution in [2.75, 3.05) is 23.3 Å². The molecular formula is C21H16F2N6O3. The van der Waals surface area contributed by atoms with Crippen molar-refractivity contribution in [1.29, 1.82) is 0 Å². The molecule has 1 saturated heterocycles. The second-order valence-corrected chi connectivity index (χ2v) is 7.04. The number of nitrogens with zero attached hydrogens (tertiary/aromatic N) is 5. The lowest BCUT2D eigenvalue weighted by atomic mass is 10.1. The van der Waals surface area contributed by atoms with Crippen LogP contribution in [0, 0.1) is 11.6 Å². The van der Waals surface area contributed by atoms with Crippen LogP contribution in [-0.4, -0.2) is 45.0 Å². The Morgan fingerprint density at radius 1 is 1.19 bits per heavy atom. The Balaban J connectivity index is 1.34. The molecule has 1 amide bonds. The number of halogens is 2. The number of carbonyl (C=O) groups excluding carboxylic acids is 1. The predicted octanol–water partition coefficient (Wildman–Crippen LogP) is 3.64. The highest BCUT2D eigenvalue weighted by atomic mass is 19.1. The van der Waals surface area contributed by atoms with E-state index >= 15 is 0 Å². The van der Waals surface area contributed by atoms with E-state index in [0.29, 0.717) is 11.6 Å². The average molecular weight is 438 g/mol. The number of benzene rings is 1. The first kappa shape index (κ1) is 19.7. The summed E-state index contributed by atoms with van der Waals surface area (Å²) in [6, 6.07) is 7.04. The maximum atomic E-state index is 14.9. The van der Waals surface area contributed by atoms with Gasteiger partial charge in [-0.15, -0.1) is 0 Å². The van der Waals surface area contributed by atoms with Crippen LogP contribution in [0.1, 0.15) is 0 Å². The molecule has 0 saturated carbocycles. The first-order chi connectivity index (χ1) is 15.6.